The first-order valence-corrected chi connectivity index (χ1v) is 3.33. The zero-order valence-electron chi connectivity index (χ0n) is 6.45. The molecule has 0 aliphatic carbocycles. The maximum atomic E-state index is 12.5. The minimum Gasteiger partial charge on any atom is -0.252 e. The van der Waals surface area contributed by atoms with Crippen LogP contribution in [0.5, 0.6) is 0 Å². The number of nitrogens with zero attached hydrogens (tertiary/aromatic N) is 1. The van der Waals surface area contributed by atoms with E-state index in [4.69, 9.17) is 0 Å². The third-order valence-corrected chi connectivity index (χ3v) is 1.41. The highest BCUT2D eigenvalue weighted by molar-refractivity contribution is 5.21. The van der Waals surface area contributed by atoms with E-state index >= 15 is 0 Å². The fourth-order valence-electron chi connectivity index (χ4n) is 0.791. The lowest BCUT2D eigenvalue weighted by atomic mass is 10.2. The van der Waals surface area contributed by atoms with Crippen LogP contribution in [-0.4, -0.2) is 4.98 Å². The van der Waals surface area contributed by atoms with E-state index in [1.54, 1.807) is 0 Å². The third-order valence-electron chi connectivity index (χ3n) is 1.41. The van der Waals surface area contributed by atoms with E-state index < -0.39 is 29.7 Å². The molecule has 1 heterocycles. The molecule has 1 nitrogen and oxygen atoms in total. The van der Waals surface area contributed by atoms with E-state index in [2.05, 4.69) is 4.98 Å². The largest absolute Gasteiger partial charge is 0.419 e. The Morgan fingerprint density at radius 2 is 1.79 bits per heavy atom. The molecule has 0 spiro atoms. The van der Waals surface area contributed by atoms with Gasteiger partial charge >= 0.3 is 6.18 Å². The van der Waals surface area contributed by atoms with Gasteiger partial charge < -0.3 is 0 Å². The highest BCUT2D eigenvalue weighted by Crippen LogP contribution is 2.32. The number of alkyl halides is 5. The van der Waals surface area contributed by atoms with Gasteiger partial charge in [-0.15, -0.1) is 0 Å². The summed E-state index contributed by atoms with van der Waals surface area (Å²) in [5.41, 5.74) is -2.83. The highest BCUT2D eigenvalue weighted by atomic mass is 19.4. The second-order valence-electron chi connectivity index (χ2n) is 2.39. The molecule has 14 heavy (non-hydrogen) atoms. The molecule has 0 unspecified atom stereocenters. The van der Waals surface area contributed by atoms with E-state index in [0.717, 1.165) is 0 Å². The van der Waals surface area contributed by atoms with Crippen molar-refractivity contribution < 1.29 is 26.3 Å². The minimum absolute atomic E-state index is 0. The average Bonchev–Trinajstić information content (AvgIpc) is 2.02. The lowest BCUT2D eigenvalue weighted by Crippen LogP contribution is -2.10. The van der Waals surface area contributed by atoms with Gasteiger partial charge in [-0.05, 0) is 6.07 Å². The van der Waals surface area contributed by atoms with Crippen molar-refractivity contribution in [2.75, 3.05) is 0 Å². The molecule has 0 bridgehead atoms. The van der Waals surface area contributed by atoms with Crippen LogP contribution in [0.25, 0.3) is 0 Å². The van der Waals surface area contributed by atoms with Crippen molar-refractivity contribution in [3.05, 3.63) is 29.3 Å². The van der Waals surface area contributed by atoms with Gasteiger partial charge in [0, 0.05) is 0 Å². The van der Waals surface area contributed by atoms with Crippen LogP contribution in [-0.2, 0) is 6.18 Å². The number of hydrogen-bond acceptors (Lipinski definition) is 1. The summed E-state index contributed by atoms with van der Waals surface area (Å²) in [5.74, 6) is -1.66. The topological polar surface area (TPSA) is 12.9 Å². The smallest absolute Gasteiger partial charge is 0.252 e. The van der Waals surface area contributed by atoms with Gasteiger partial charge in [-0.3, -0.25) is 4.98 Å². The summed E-state index contributed by atoms with van der Waals surface area (Å²) in [6, 6.07) is 0. The molecular formula is C7H3F6N. The first-order chi connectivity index (χ1) is 6.32. The van der Waals surface area contributed by atoms with Crippen LogP contribution >= 0.6 is 0 Å². The van der Waals surface area contributed by atoms with Crippen LogP contribution in [0.1, 0.15) is 17.7 Å². The predicted molar refractivity (Wildman–Crippen MR) is 34.2 cm³/mol. The molecule has 1 rings (SSSR count). The van der Waals surface area contributed by atoms with Gasteiger partial charge in [-0.25, -0.2) is 13.2 Å². The van der Waals surface area contributed by atoms with Crippen molar-refractivity contribution in [2.24, 2.45) is 0 Å². The van der Waals surface area contributed by atoms with Crippen LogP contribution in [0.15, 0.2) is 12.3 Å². The Hall–Kier alpha value is -1.27. The Balaban J connectivity index is 3.22. The SMILES string of the molecule is Fc1cnc(C(F)F)cc1C(F)(F)F. The van der Waals surface area contributed by atoms with Crippen molar-refractivity contribution in [3.8, 4) is 0 Å². The Labute approximate surface area is 74.4 Å². The van der Waals surface area contributed by atoms with Crippen molar-refractivity contribution >= 4 is 0 Å². The van der Waals surface area contributed by atoms with Crippen LogP contribution in [0.4, 0.5) is 26.3 Å². The molecule has 7 heteroatoms. The van der Waals surface area contributed by atoms with E-state index in [9.17, 15) is 26.3 Å². The van der Waals surface area contributed by atoms with Gasteiger partial charge in [-0.1, -0.05) is 0 Å². The van der Waals surface area contributed by atoms with Gasteiger partial charge in [0.05, 0.1) is 11.8 Å². The molecular weight excluding hydrogens is 212 g/mol. The predicted octanol–water partition coefficient (Wildman–Crippen LogP) is 3.18. The van der Waals surface area contributed by atoms with Gasteiger partial charge in [0.15, 0.2) is 5.82 Å². The van der Waals surface area contributed by atoms with Crippen molar-refractivity contribution in [1.29, 1.82) is 0 Å². The van der Waals surface area contributed by atoms with Gasteiger partial charge in [-0.2, -0.15) is 13.2 Å². The van der Waals surface area contributed by atoms with E-state index in [1.165, 1.54) is 0 Å². The summed E-state index contributed by atoms with van der Waals surface area (Å²) >= 11 is 0. The Morgan fingerprint density at radius 3 is 2.21 bits per heavy atom. The first kappa shape index (κ1) is 10.8. The molecule has 1 aromatic heterocycles. The summed E-state index contributed by atoms with van der Waals surface area (Å²) in [7, 11) is 0. The van der Waals surface area contributed by atoms with Crippen LogP contribution in [0, 0.1) is 5.82 Å². The molecule has 0 radical (unpaired) electrons. The quantitative estimate of drug-likeness (QED) is 0.655. The number of pyridine rings is 1. The second-order valence-corrected chi connectivity index (χ2v) is 2.39. The molecule has 78 valence electrons. The number of halogens is 6. The Morgan fingerprint density at radius 1 is 1.21 bits per heavy atom. The number of rotatable bonds is 1. The summed E-state index contributed by atoms with van der Waals surface area (Å²) in [5, 5.41) is 0. The fraction of sp³-hybridized carbons (Fsp3) is 0.286. The highest BCUT2D eigenvalue weighted by Gasteiger charge is 2.35. The van der Waals surface area contributed by atoms with E-state index in [1.807, 2.05) is 0 Å². The molecule has 0 saturated carbocycles. The molecule has 1 aromatic rings. The fourth-order valence-corrected chi connectivity index (χ4v) is 0.791. The van der Waals surface area contributed by atoms with Crippen LogP contribution < -0.4 is 0 Å². The second kappa shape index (κ2) is 3.47. The molecule has 0 aliphatic rings. The van der Waals surface area contributed by atoms with Crippen molar-refractivity contribution in [3.63, 3.8) is 0 Å². The molecule has 0 saturated heterocycles. The van der Waals surface area contributed by atoms with Crippen LogP contribution in [0.2, 0.25) is 0 Å². The monoisotopic (exact) mass is 215 g/mol. The van der Waals surface area contributed by atoms with E-state index in [-0.39, 0.29) is 12.3 Å². The maximum Gasteiger partial charge on any atom is 0.419 e. The summed E-state index contributed by atoms with van der Waals surface area (Å²) in [4.78, 5) is 2.83. The van der Waals surface area contributed by atoms with Gasteiger partial charge in [0.25, 0.3) is 6.43 Å². The standard InChI is InChI=1S/C7H3F6N/c8-4-2-14-5(6(9)10)1-3(4)7(11,12)13/h1-2,6H. The van der Waals surface area contributed by atoms with Crippen LogP contribution in [0.3, 0.4) is 0 Å². The minimum atomic E-state index is -4.99. The Bertz CT molecular complexity index is 331. The molecule has 0 N–H and O–H groups in total. The summed E-state index contributed by atoms with van der Waals surface area (Å²) < 4.78 is 72.3. The molecule has 0 amide bonds. The maximum absolute atomic E-state index is 12.5. The average molecular weight is 215 g/mol. The van der Waals surface area contributed by atoms with Gasteiger partial charge in [0.1, 0.15) is 5.69 Å². The third kappa shape index (κ3) is 2.15. The lowest BCUT2D eigenvalue weighted by Gasteiger charge is -2.08. The van der Waals surface area contributed by atoms with Crippen molar-refractivity contribution in [2.45, 2.75) is 12.6 Å². The molecule has 0 atom stereocenters. The summed E-state index contributed by atoms with van der Waals surface area (Å²) in [6.07, 6.45) is -8.02. The molecule has 0 fully saturated rings. The normalized spacial score (nSPS) is 12.2. The molecule has 0 aromatic carbocycles. The zero-order chi connectivity index (χ0) is 10.9. The molecule has 0 aliphatic heterocycles. The van der Waals surface area contributed by atoms with Gasteiger partial charge in [0.2, 0.25) is 0 Å². The lowest BCUT2D eigenvalue weighted by molar-refractivity contribution is -0.140. The Kier molecular flexibility index (Phi) is 2.68. The first-order valence-electron chi connectivity index (χ1n) is 3.33. The number of hydrogen-bond donors (Lipinski definition) is 0. The van der Waals surface area contributed by atoms with Crippen molar-refractivity contribution in [1.82, 2.24) is 4.98 Å². The zero-order valence-corrected chi connectivity index (χ0v) is 6.45. The van der Waals surface area contributed by atoms with E-state index in [0.29, 0.717) is 0 Å². The number of aromatic nitrogens is 1. The summed E-state index contributed by atoms with van der Waals surface area (Å²) in [6.45, 7) is 0.